The summed E-state index contributed by atoms with van der Waals surface area (Å²) in [6.07, 6.45) is 1.25. The number of sulfonamides is 1. The Bertz CT molecular complexity index is 879. The Morgan fingerprint density at radius 2 is 2.00 bits per heavy atom. The normalized spacial score (nSPS) is 17.6. The molecule has 6 nitrogen and oxygen atoms in total. The van der Waals surface area contributed by atoms with Gasteiger partial charge in [-0.15, -0.1) is 11.3 Å². The van der Waals surface area contributed by atoms with E-state index in [9.17, 15) is 17.6 Å². The Morgan fingerprint density at radius 1 is 1.26 bits per heavy atom. The van der Waals surface area contributed by atoms with Gasteiger partial charge in [-0.25, -0.2) is 17.5 Å². The smallest absolute Gasteiger partial charge is 0.250 e. The van der Waals surface area contributed by atoms with Crippen LogP contribution in [0, 0.1) is 5.82 Å². The largest absolute Gasteiger partial charge is 0.325 e. The van der Waals surface area contributed by atoms with Gasteiger partial charge in [0.2, 0.25) is 15.9 Å². The maximum Gasteiger partial charge on any atom is 0.250 e. The van der Waals surface area contributed by atoms with Crippen LogP contribution in [0.5, 0.6) is 0 Å². The Kier molecular flexibility index (Phi) is 6.25. The molecular weight excluding hydrogens is 389 g/mol. The highest BCUT2D eigenvalue weighted by atomic mass is 32.2. The molecule has 1 unspecified atom stereocenters. The van der Waals surface area contributed by atoms with E-state index in [0.717, 1.165) is 0 Å². The van der Waals surface area contributed by atoms with E-state index in [1.807, 2.05) is 4.90 Å². The summed E-state index contributed by atoms with van der Waals surface area (Å²) in [4.78, 5) is 14.4. The van der Waals surface area contributed by atoms with E-state index in [-0.39, 0.29) is 18.0 Å². The van der Waals surface area contributed by atoms with Crippen LogP contribution in [-0.2, 0) is 14.8 Å². The molecule has 1 aromatic heterocycles. The Hall–Kier alpha value is -1.81. The van der Waals surface area contributed by atoms with Crippen molar-refractivity contribution in [2.75, 3.05) is 18.4 Å². The second-order valence-electron chi connectivity index (χ2n) is 6.54. The first-order valence-corrected chi connectivity index (χ1v) is 11.1. The van der Waals surface area contributed by atoms with E-state index in [0.29, 0.717) is 35.8 Å². The van der Waals surface area contributed by atoms with Crippen LogP contribution in [0.4, 0.5) is 10.1 Å². The number of anilines is 1. The number of nitrogens with one attached hydrogen (secondary N) is 2. The van der Waals surface area contributed by atoms with Crippen LogP contribution >= 0.6 is 11.3 Å². The minimum Gasteiger partial charge on any atom is -0.325 e. The monoisotopic (exact) mass is 411 g/mol. The van der Waals surface area contributed by atoms with Gasteiger partial charge >= 0.3 is 0 Å². The first-order chi connectivity index (χ1) is 12.8. The number of piperidine rings is 1. The molecule has 9 heteroatoms. The molecule has 0 bridgehead atoms. The molecule has 3 rings (SSSR count). The van der Waals surface area contributed by atoms with Crippen molar-refractivity contribution < 1.29 is 17.6 Å². The van der Waals surface area contributed by atoms with Crippen LogP contribution < -0.4 is 10.0 Å². The van der Waals surface area contributed by atoms with Gasteiger partial charge in [0.25, 0.3) is 0 Å². The van der Waals surface area contributed by atoms with Crippen molar-refractivity contribution in [3.05, 3.63) is 47.6 Å². The van der Waals surface area contributed by atoms with Crippen LogP contribution in [0.2, 0.25) is 0 Å². The number of benzene rings is 1. The summed E-state index contributed by atoms with van der Waals surface area (Å²) in [5.74, 6) is -0.613. The lowest BCUT2D eigenvalue weighted by Crippen LogP contribution is -2.50. The highest BCUT2D eigenvalue weighted by Gasteiger charge is 2.29. The number of thiophene rings is 1. The van der Waals surface area contributed by atoms with E-state index in [1.165, 1.54) is 23.5 Å². The lowest BCUT2D eigenvalue weighted by molar-refractivity contribution is -0.121. The second kappa shape index (κ2) is 8.47. The molecular formula is C18H22FN3O3S2. The molecule has 1 atom stereocenters. The predicted molar refractivity (Wildman–Crippen MR) is 104 cm³/mol. The number of carbonyl (C=O) groups is 1. The molecule has 1 aromatic carbocycles. The van der Waals surface area contributed by atoms with Crippen molar-refractivity contribution in [2.45, 2.75) is 36.1 Å². The number of hydrogen-bond acceptors (Lipinski definition) is 5. The zero-order valence-electron chi connectivity index (χ0n) is 14.9. The summed E-state index contributed by atoms with van der Waals surface area (Å²) < 4.78 is 40.9. The summed E-state index contributed by atoms with van der Waals surface area (Å²) in [5, 5.41) is 4.45. The van der Waals surface area contributed by atoms with Crippen LogP contribution in [0.3, 0.4) is 0 Å². The first kappa shape index (κ1) is 19.9. The minimum atomic E-state index is -3.48. The number of hydrogen-bond donors (Lipinski definition) is 2. The van der Waals surface area contributed by atoms with Crippen molar-refractivity contribution in [1.82, 2.24) is 9.62 Å². The first-order valence-electron chi connectivity index (χ1n) is 8.71. The molecule has 0 aliphatic carbocycles. The standard InChI is InChI=1S/C18H22FN3O3S2/c1-13(18(23)20-16-5-2-4-14(19)12-16)22-9-7-15(8-10-22)21-27(24,25)17-6-3-11-26-17/h2-6,11-13,15,21H,7-10H2,1H3,(H,20,23). The van der Waals surface area contributed by atoms with Gasteiger partial charge in [0.05, 0.1) is 6.04 Å². The highest BCUT2D eigenvalue weighted by molar-refractivity contribution is 7.91. The minimum absolute atomic E-state index is 0.146. The van der Waals surface area contributed by atoms with Crippen LogP contribution in [-0.4, -0.2) is 44.4 Å². The highest BCUT2D eigenvalue weighted by Crippen LogP contribution is 2.20. The number of rotatable bonds is 6. The van der Waals surface area contributed by atoms with E-state index >= 15 is 0 Å². The molecule has 1 saturated heterocycles. The topological polar surface area (TPSA) is 78.5 Å². The van der Waals surface area contributed by atoms with Gasteiger partial charge in [-0.3, -0.25) is 9.69 Å². The van der Waals surface area contributed by atoms with Gasteiger partial charge in [-0.2, -0.15) is 0 Å². The maximum atomic E-state index is 13.2. The Labute approximate surface area is 162 Å². The second-order valence-corrected chi connectivity index (χ2v) is 9.43. The third-order valence-electron chi connectivity index (χ3n) is 4.63. The lowest BCUT2D eigenvalue weighted by Gasteiger charge is -2.35. The van der Waals surface area contributed by atoms with Crippen molar-refractivity contribution in [3.8, 4) is 0 Å². The average molecular weight is 412 g/mol. The zero-order chi connectivity index (χ0) is 19.4. The molecule has 0 spiro atoms. The zero-order valence-corrected chi connectivity index (χ0v) is 16.5. The molecule has 27 heavy (non-hydrogen) atoms. The quantitative estimate of drug-likeness (QED) is 0.766. The number of carbonyl (C=O) groups excluding carboxylic acids is 1. The summed E-state index contributed by atoms with van der Waals surface area (Å²) in [6, 6.07) is 8.54. The van der Waals surface area contributed by atoms with Gasteiger partial charge in [-0.05, 0) is 49.4 Å². The number of nitrogens with zero attached hydrogens (tertiary/aromatic N) is 1. The van der Waals surface area contributed by atoms with Crippen LogP contribution in [0.1, 0.15) is 19.8 Å². The molecule has 0 radical (unpaired) electrons. The van der Waals surface area contributed by atoms with Crippen molar-refractivity contribution in [1.29, 1.82) is 0 Å². The van der Waals surface area contributed by atoms with Gasteiger partial charge in [-0.1, -0.05) is 12.1 Å². The predicted octanol–water partition coefficient (Wildman–Crippen LogP) is 2.66. The molecule has 2 aromatic rings. The van der Waals surface area contributed by atoms with Crippen molar-refractivity contribution >= 4 is 33.0 Å². The van der Waals surface area contributed by atoms with Crippen molar-refractivity contribution in [3.63, 3.8) is 0 Å². The van der Waals surface area contributed by atoms with Gasteiger partial charge < -0.3 is 5.32 Å². The Morgan fingerprint density at radius 3 is 2.63 bits per heavy atom. The third-order valence-corrected chi connectivity index (χ3v) is 7.55. The van der Waals surface area contributed by atoms with Crippen LogP contribution in [0.15, 0.2) is 46.0 Å². The molecule has 1 aliphatic heterocycles. The summed E-state index contributed by atoms with van der Waals surface area (Å²) in [6.45, 7) is 3.01. The van der Waals surface area contributed by atoms with Gasteiger partial charge in [0.1, 0.15) is 10.0 Å². The maximum absolute atomic E-state index is 13.2. The summed E-state index contributed by atoms with van der Waals surface area (Å²) in [5.41, 5.74) is 0.422. The molecule has 2 N–H and O–H groups in total. The van der Waals surface area contributed by atoms with Crippen molar-refractivity contribution in [2.24, 2.45) is 0 Å². The number of likely N-dealkylation sites (tertiary alicyclic amines) is 1. The van der Waals surface area contributed by atoms with Gasteiger partial charge in [0.15, 0.2) is 0 Å². The average Bonchev–Trinajstić information content (AvgIpc) is 3.17. The molecule has 1 fully saturated rings. The fourth-order valence-corrected chi connectivity index (χ4v) is 5.39. The van der Waals surface area contributed by atoms with Crippen LogP contribution in [0.25, 0.3) is 0 Å². The number of halogens is 1. The SMILES string of the molecule is CC(C(=O)Nc1cccc(F)c1)N1CCC(NS(=O)(=O)c2cccs2)CC1. The summed E-state index contributed by atoms with van der Waals surface area (Å²) >= 11 is 1.19. The third kappa shape index (κ3) is 5.13. The van der Waals surface area contributed by atoms with E-state index in [4.69, 9.17) is 0 Å². The van der Waals surface area contributed by atoms with E-state index in [1.54, 1.807) is 36.6 Å². The van der Waals surface area contributed by atoms with E-state index in [2.05, 4.69) is 10.0 Å². The summed E-state index contributed by atoms with van der Waals surface area (Å²) in [7, 11) is -3.48. The molecule has 146 valence electrons. The molecule has 1 amide bonds. The van der Waals surface area contributed by atoms with Gasteiger partial charge in [0, 0.05) is 24.8 Å². The fraction of sp³-hybridized carbons (Fsp3) is 0.389. The van der Waals surface area contributed by atoms with E-state index < -0.39 is 15.8 Å². The lowest BCUT2D eigenvalue weighted by atomic mass is 10.0. The molecule has 1 aliphatic rings. The molecule has 2 heterocycles. The fourth-order valence-electron chi connectivity index (χ4n) is 3.08. The molecule has 0 saturated carbocycles. The number of amides is 1. The Balaban J connectivity index is 1.51.